The van der Waals surface area contributed by atoms with Crippen molar-refractivity contribution in [1.82, 2.24) is 0 Å². The van der Waals surface area contributed by atoms with Gasteiger partial charge in [0.25, 0.3) is 0 Å². The first-order valence-electron chi connectivity index (χ1n) is 8.53. The van der Waals surface area contributed by atoms with E-state index in [0.717, 1.165) is 10.9 Å². The first kappa shape index (κ1) is 19.7. The molecule has 0 bridgehead atoms. The van der Waals surface area contributed by atoms with Crippen molar-refractivity contribution < 1.29 is 8.54 Å². The standard InChI is InChI=1S/C20H28O2Si3/c1-7-23(3,4)22-25(24(5,6)8-2,20-17-13-10-14-18-20)21-19-15-11-9-12-16-19/h7-18H,1-2H2,3-6H3. The van der Waals surface area contributed by atoms with E-state index in [9.17, 15) is 0 Å². The molecule has 0 saturated carbocycles. The lowest BCUT2D eigenvalue weighted by Crippen LogP contribution is -2.75. The van der Waals surface area contributed by atoms with Gasteiger partial charge in [-0.1, -0.05) is 73.0 Å². The van der Waals surface area contributed by atoms with E-state index in [4.69, 9.17) is 8.54 Å². The predicted octanol–water partition coefficient (Wildman–Crippen LogP) is 4.87. The number of hydrogen-bond acceptors (Lipinski definition) is 2. The van der Waals surface area contributed by atoms with Gasteiger partial charge in [-0.25, -0.2) is 0 Å². The number of para-hydroxylation sites is 1. The molecule has 0 aromatic heterocycles. The summed E-state index contributed by atoms with van der Waals surface area (Å²) >= 11 is 0. The van der Waals surface area contributed by atoms with Gasteiger partial charge in [0.15, 0.2) is 7.59 Å². The average molecular weight is 385 g/mol. The van der Waals surface area contributed by atoms with Gasteiger partial charge in [-0.05, 0) is 25.2 Å². The Morgan fingerprint density at radius 3 is 1.76 bits per heavy atom. The summed E-state index contributed by atoms with van der Waals surface area (Å²) in [5.74, 6) is 0.856. The summed E-state index contributed by atoms with van der Waals surface area (Å²) in [5.41, 5.74) is 4.09. The van der Waals surface area contributed by atoms with E-state index in [1.807, 2.05) is 42.1 Å². The van der Waals surface area contributed by atoms with E-state index in [1.165, 1.54) is 0 Å². The fourth-order valence-corrected chi connectivity index (χ4v) is 19.5. The van der Waals surface area contributed by atoms with Crippen molar-refractivity contribution in [2.75, 3.05) is 0 Å². The summed E-state index contributed by atoms with van der Waals surface area (Å²) in [7, 11) is -6.93. The molecule has 5 heteroatoms. The minimum absolute atomic E-state index is 0.856. The maximum Gasteiger partial charge on any atom is 0.401 e. The average Bonchev–Trinajstić information content (AvgIpc) is 2.62. The van der Waals surface area contributed by atoms with Gasteiger partial charge < -0.3 is 8.54 Å². The highest BCUT2D eigenvalue weighted by atomic mass is 29.3. The quantitative estimate of drug-likeness (QED) is 0.604. The highest BCUT2D eigenvalue weighted by molar-refractivity contribution is 7.44. The third-order valence-electron chi connectivity index (χ3n) is 4.42. The second-order valence-corrected chi connectivity index (χ2v) is 23.4. The molecule has 0 amide bonds. The summed E-state index contributed by atoms with van der Waals surface area (Å²) in [6, 6.07) is 20.4. The maximum absolute atomic E-state index is 6.95. The summed E-state index contributed by atoms with van der Waals surface area (Å²) in [6.45, 7) is 17.1. The molecule has 0 N–H and O–H groups in total. The highest BCUT2D eigenvalue weighted by Gasteiger charge is 2.57. The molecule has 1 unspecified atom stereocenters. The summed E-state index contributed by atoms with van der Waals surface area (Å²) in [6.07, 6.45) is 0. The lowest BCUT2D eigenvalue weighted by atomic mass is 10.3. The molecule has 2 rings (SSSR count). The van der Waals surface area contributed by atoms with Crippen LogP contribution in [0.15, 0.2) is 85.2 Å². The first-order chi connectivity index (χ1) is 11.8. The monoisotopic (exact) mass is 384 g/mol. The Hall–Kier alpha value is -1.67. The molecular weight excluding hydrogens is 356 g/mol. The van der Waals surface area contributed by atoms with Crippen molar-refractivity contribution in [3.63, 3.8) is 0 Å². The third-order valence-corrected chi connectivity index (χ3v) is 20.8. The zero-order valence-corrected chi connectivity index (χ0v) is 18.7. The van der Waals surface area contributed by atoms with Gasteiger partial charge >= 0.3 is 8.08 Å². The summed E-state index contributed by atoms with van der Waals surface area (Å²) in [4.78, 5) is 0. The van der Waals surface area contributed by atoms with Crippen molar-refractivity contribution in [2.24, 2.45) is 0 Å². The van der Waals surface area contributed by atoms with E-state index < -0.39 is 24.0 Å². The van der Waals surface area contributed by atoms with Crippen LogP contribution in [-0.2, 0) is 4.12 Å². The van der Waals surface area contributed by atoms with Gasteiger partial charge in [0, 0.05) is 5.19 Å². The molecule has 0 aliphatic rings. The Morgan fingerprint density at radius 1 is 0.760 bits per heavy atom. The van der Waals surface area contributed by atoms with Crippen LogP contribution in [0.1, 0.15) is 0 Å². The second-order valence-electron chi connectivity index (χ2n) is 7.23. The maximum atomic E-state index is 6.95. The van der Waals surface area contributed by atoms with Crippen molar-refractivity contribution in [3.8, 4) is 5.75 Å². The Morgan fingerprint density at radius 2 is 1.28 bits per heavy atom. The Balaban J connectivity index is 2.68. The van der Waals surface area contributed by atoms with Crippen LogP contribution in [-0.4, -0.2) is 24.0 Å². The normalized spacial score (nSPS) is 14.4. The van der Waals surface area contributed by atoms with Gasteiger partial charge in [-0.2, -0.15) is 0 Å². The molecule has 0 radical (unpaired) electrons. The Labute approximate surface area is 155 Å². The summed E-state index contributed by atoms with van der Waals surface area (Å²) in [5, 5.41) is 1.16. The molecule has 2 nitrogen and oxygen atoms in total. The molecule has 25 heavy (non-hydrogen) atoms. The van der Waals surface area contributed by atoms with Crippen LogP contribution < -0.4 is 9.61 Å². The smallest absolute Gasteiger partial charge is 0.401 e. The molecule has 2 aromatic carbocycles. The third kappa shape index (κ3) is 4.30. The Kier molecular flexibility index (Phi) is 6.05. The van der Waals surface area contributed by atoms with Crippen LogP contribution in [0.4, 0.5) is 0 Å². The van der Waals surface area contributed by atoms with Crippen LogP contribution in [0, 0.1) is 0 Å². The van der Waals surface area contributed by atoms with Crippen LogP contribution >= 0.6 is 0 Å². The molecule has 0 aliphatic heterocycles. The number of rotatable bonds is 8. The molecule has 1 atom stereocenters. The first-order valence-corrected chi connectivity index (χ1v) is 17.4. The van der Waals surface area contributed by atoms with Crippen molar-refractivity contribution in [3.05, 3.63) is 85.2 Å². The van der Waals surface area contributed by atoms with Gasteiger partial charge in [-0.15, -0.1) is 13.2 Å². The molecule has 0 heterocycles. The SMILES string of the molecule is C=C[Si](C)(C)O[Si](Oc1ccccc1)(c1ccccc1)[Si](C)(C)C=C. The van der Waals surface area contributed by atoms with Gasteiger partial charge in [0.05, 0.1) is 0 Å². The second kappa shape index (κ2) is 7.70. The van der Waals surface area contributed by atoms with Crippen LogP contribution in [0.5, 0.6) is 5.75 Å². The van der Waals surface area contributed by atoms with Crippen molar-refractivity contribution in [2.45, 2.75) is 26.2 Å². The minimum Gasteiger partial charge on any atom is -0.520 e. The molecule has 0 saturated heterocycles. The van der Waals surface area contributed by atoms with Gasteiger partial charge in [0.2, 0.25) is 8.32 Å². The highest BCUT2D eigenvalue weighted by Crippen LogP contribution is 2.29. The number of benzene rings is 2. The van der Waals surface area contributed by atoms with Gasteiger partial charge in [0.1, 0.15) is 5.75 Å². The molecule has 0 aliphatic carbocycles. The fourth-order valence-electron chi connectivity index (χ4n) is 2.63. The largest absolute Gasteiger partial charge is 0.520 e. The van der Waals surface area contributed by atoms with E-state index in [1.54, 1.807) is 0 Å². The molecule has 0 fully saturated rings. The number of hydrogen-bond donors (Lipinski definition) is 0. The van der Waals surface area contributed by atoms with E-state index in [0.29, 0.717) is 0 Å². The molecule has 132 valence electrons. The minimum atomic E-state index is -2.79. The van der Waals surface area contributed by atoms with Crippen LogP contribution in [0.25, 0.3) is 0 Å². The molecular formula is C20H28O2Si3. The van der Waals surface area contributed by atoms with Crippen molar-refractivity contribution in [1.29, 1.82) is 0 Å². The lowest BCUT2D eigenvalue weighted by molar-refractivity contribution is 0.423. The molecule has 2 aromatic rings. The zero-order chi connectivity index (χ0) is 18.6. The van der Waals surface area contributed by atoms with E-state index in [2.05, 4.69) is 69.3 Å². The molecule has 0 spiro atoms. The van der Waals surface area contributed by atoms with E-state index in [-0.39, 0.29) is 0 Å². The van der Waals surface area contributed by atoms with Crippen molar-refractivity contribution >= 4 is 29.2 Å². The van der Waals surface area contributed by atoms with E-state index >= 15 is 0 Å². The topological polar surface area (TPSA) is 18.5 Å². The Bertz CT molecular complexity index is 714. The van der Waals surface area contributed by atoms with Crippen LogP contribution in [0.3, 0.4) is 0 Å². The van der Waals surface area contributed by atoms with Gasteiger partial charge in [-0.3, -0.25) is 0 Å². The lowest BCUT2D eigenvalue weighted by Gasteiger charge is -2.44. The zero-order valence-electron chi connectivity index (χ0n) is 15.7. The predicted molar refractivity (Wildman–Crippen MR) is 115 cm³/mol. The summed E-state index contributed by atoms with van der Waals surface area (Å²) < 4.78 is 13.7. The van der Waals surface area contributed by atoms with Crippen LogP contribution in [0.2, 0.25) is 26.2 Å². The fraction of sp³-hybridized carbons (Fsp3) is 0.200.